The molecule has 3 N–H and O–H groups in total. The molecule has 0 spiro atoms. The van der Waals surface area contributed by atoms with Gasteiger partial charge < -0.3 is 5.73 Å². The summed E-state index contributed by atoms with van der Waals surface area (Å²) < 4.78 is 38.6. The van der Waals surface area contributed by atoms with Gasteiger partial charge in [0.15, 0.2) is 6.61 Å². The molecular weight excluding hydrogens is 241 g/mol. The number of primary amides is 1. The first-order chi connectivity index (χ1) is 7.91. The summed E-state index contributed by atoms with van der Waals surface area (Å²) in [7, 11) is 0. The third-order valence-electron chi connectivity index (χ3n) is 1.61. The molecule has 0 heterocycles. The second-order valence-corrected chi connectivity index (χ2v) is 2.93. The fraction of sp³-hybridized carbons (Fsp3) is 0.111. The summed E-state index contributed by atoms with van der Waals surface area (Å²) in [6, 6.07) is 0.679. The maximum atomic E-state index is 13.1. The minimum absolute atomic E-state index is 0.339. The largest absolute Gasteiger partial charge is 0.368 e. The van der Waals surface area contributed by atoms with Gasteiger partial charge >= 0.3 is 0 Å². The van der Waals surface area contributed by atoms with Crippen LogP contribution in [0.25, 0.3) is 0 Å². The average Bonchev–Trinajstić information content (AvgIpc) is 2.14. The van der Waals surface area contributed by atoms with E-state index in [1.165, 1.54) is 0 Å². The first-order valence-electron chi connectivity index (χ1n) is 4.26. The van der Waals surface area contributed by atoms with Gasteiger partial charge in [-0.2, -0.15) is 0 Å². The molecule has 5 nitrogen and oxygen atoms in total. The lowest BCUT2D eigenvalue weighted by molar-refractivity contribution is -0.124. The highest BCUT2D eigenvalue weighted by atomic mass is 19.1. The minimum atomic E-state index is -1.39. The highest BCUT2D eigenvalue weighted by molar-refractivity contribution is 5.94. The van der Waals surface area contributed by atoms with Crippen LogP contribution in [0.3, 0.4) is 0 Å². The van der Waals surface area contributed by atoms with Crippen LogP contribution in [-0.2, 0) is 9.63 Å². The Morgan fingerprint density at radius 1 is 1.24 bits per heavy atom. The Kier molecular flexibility index (Phi) is 4.05. The minimum Gasteiger partial charge on any atom is -0.368 e. The van der Waals surface area contributed by atoms with Crippen molar-refractivity contribution < 1.29 is 27.6 Å². The van der Waals surface area contributed by atoms with Gasteiger partial charge in [-0.1, -0.05) is 0 Å². The predicted molar refractivity (Wildman–Crippen MR) is 48.9 cm³/mol. The van der Waals surface area contributed by atoms with E-state index >= 15 is 0 Å². The summed E-state index contributed by atoms with van der Waals surface area (Å²) in [6.45, 7) is -0.657. The number of carbonyl (C=O) groups excluding carboxylic acids is 2. The van der Waals surface area contributed by atoms with E-state index < -0.39 is 41.4 Å². The molecule has 17 heavy (non-hydrogen) atoms. The highest BCUT2D eigenvalue weighted by Crippen LogP contribution is 2.14. The zero-order chi connectivity index (χ0) is 13.0. The standard InChI is InChI=1S/C9H7F3N2O3/c10-4-1-5(11)8(6(12)2-4)9(16)14-17-3-7(13)15/h1-2H,3H2,(H2,13,15)(H,14,16). The van der Waals surface area contributed by atoms with Gasteiger partial charge in [0.1, 0.15) is 23.0 Å². The molecule has 8 heteroatoms. The van der Waals surface area contributed by atoms with Gasteiger partial charge in [0.2, 0.25) is 5.91 Å². The fourth-order valence-corrected chi connectivity index (χ4v) is 0.983. The van der Waals surface area contributed by atoms with Crippen molar-refractivity contribution in [2.75, 3.05) is 6.61 Å². The Morgan fingerprint density at radius 2 is 1.76 bits per heavy atom. The molecule has 1 aromatic rings. The number of halogens is 3. The van der Waals surface area contributed by atoms with Gasteiger partial charge in [-0.05, 0) is 0 Å². The van der Waals surface area contributed by atoms with E-state index in [0.29, 0.717) is 12.1 Å². The molecule has 1 aromatic carbocycles. The van der Waals surface area contributed by atoms with Crippen LogP contribution in [0.2, 0.25) is 0 Å². The summed E-state index contributed by atoms with van der Waals surface area (Å²) in [5.41, 5.74) is 5.26. The molecule has 0 radical (unpaired) electrons. The van der Waals surface area contributed by atoms with Crippen LogP contribution in [-0.4, -0.2) is 18.4 Å². The number of amides is 2. The Labute approximate surface area is 93.3 Å². The van der Waals surface area contributed by atoms with Gasteiger partial charge in [-0.15, -0.1) is 0 Å². The molecule has 0 saturated carbocycles. The molecule has 0 aliphatic carbocycles. The van der Waals surface area contributed by atoms with Crippen molar-refractivity contribution in [1.29, 1.82) is 0 Å². The first kappa shape index (κ1) is 13.0. The van der Waals surface area contributed by atoms with Crippen LogP contribution in [0, 0.1) is 17.5 Å². The molecule has 0 aromatic heterocycles. The number of rotatable bonds is 4. The number of benzene rings is 1. The van der Waals surface area contributed by atoms with Crippen molar-refractivity contribution in [3.63, 3.8) is 0 Å². The van der Waals surface area contributed by atoms with Crippen LogP contribution >= 0.6 is 0 Å². The number of carbonyl (C=O) groups is 2. The molecule has 0 saturated heterocycles. The molecule has 0 bridgehead atoms. The summed E-state index contributed by atoms with van der Waals surface area (Å²) in [4.78, 5) is 25.7. The van der Waals surface area contributed by atoms with Crippen molar-refractivity contribution in [2.24, 2.45) is 5.73 Å². The summed E-state index contributed by atoms with van der Waals surface area (Å²) in [5.74, 6) is -6.11. The van der Waals surface area contributed by atoms with E-state index in [4.69, 9.17) is 0 Å². The van der Waals surface area contributed by atoms with Crippen LogP contribution < -0.4 is 11.2 Å². The molecule has 1 rings (SSSR count). The Hall–Kier alpha value is -2.09. The predicted octanol–water partition coefficient (Wildman–Crippen LogP) is 0.251. The second-order valence-electron chi connectivity index (χ2n) is 2.93. The lowest BCUT2D eigenvalue weighted by atomic mass is 10.2. The highest BCUT2D eigenvalue weighted by Gasteiger charge is 2.19. The van der Waals surface area contributed by atoms with E-state index in [1.807, 2.05) is 0 Å². The third-order valence-corrected chi connectivity index (χ3v) is 1.61. The average molecular weight is 248 g/mol. The molecule has 0 fully saturated rings. The normalized spacial score (nSPS) is 10.1. The quantitative estimate of drug-likeness (QED) is 0.749. The summed E-state index contributed by atoms with van der Waals surface area (Å²) in [5, 5.41) is 0. The van der Waals surface area contributed by atoms with E-state index in [2.05, 4.69) is 10.6 Å². The number of hydrogen-bond acceptors (Lipinski definition) is 3. The lowest BCUT2D eigenvalue weighted by Crippen LogP contribution is -2.30. The van der Waals surface area contributed by atoms with Gasteiger partial charge in [0.05, 0.1) is 0 Å². The smallest absolute Gasteiger partial charge is 0.280 e. The first-order valence-corrected chi connectivity index (χ1v) is 4.26. The fourth-order valence-electron chi connectivity index (χ4n) is 0.983. The van der Waals surface area contributed by atoms with Crippen molar-refractivity contribution in [3.8, 4) is 0 Å². The summed E-state index contributed by atoms with van der Waals surface area (Å²) in [6.07, 6.45) is 0. The Balaban J connectivity index is 2.79. The molecule has 0 atom stereocenters. The van der Waals surface area contributed by atoms with Crippen molar-refractivity contribution in [2.45, 2.75) is 0 Å². The Bertz CT molecular complexity index is 442. The van der Waals surface area contributed by atoms with E-state index in [9.17, 15) is 22.8 Å². The zero-order valence-corrected chi connectivity index (χ0v) is 8.30. The van der Waals surface area contributed by atoms with Crippen molar-refractivity contribution in [1.82, 2.24) is 5.48 Å². The maximum absolute atomic E-state index is 13.1. The summed E-state index contributed by atoms with van der Waals surface area (Å²) >= 11 is 0. The van der Waals surface area contributed by atoms with Crippen LogP contribution in [0.4, 0.5) is 13.2 Å². The molecule has 0 aliphatic heterocycles. The molecule has 2 amide bonds. The number of nitrogens with one attached hydrogen (secondary N) is 1. The number of nitrogens with two attached hydrogens (primary N) is 1. The van der Waals surface area contributed by atoms with Crippen molar-refractivity contribution >= 4 is 11.8 Å². The van der Waals surface area contributed by atoms with Crippen LogP contribution in [0.5, 0.6) is 0 Å². The van der Waals surface area contributed by atoms with E-state index in [1.54, 1.807) is 5.48 Å². The number of hydroxylamine groups is 1. The maximum Gasteiger partial charge on any atom is 0.280 e. The number of hydrogen-bond donors (Lipinski definition) is 2. The van der Waals surface area contributed by atoms with Gasteiger partial charge in [0, 0.05) is 12.1 Å². The zero-order valence-electron chi connectivity index (χ0n) is 8.30. The van der Waals surface area contributed by atoms with Gasteiger partial charge in [-0.25, -0.2) is 18.7 Å². The topological polar surface area (TPSA) is 81.4 Å². The second kappa shape index (κ2) is 5.30. The van der Waals surface area contributed by atoms with Gasteiger partial charge in [-0.3, -0.25) is 14.4 Å². The van der Waals surface area contributed by atoms with Crippen molar-refractivity contribution in [3.05, 3.63) is 35.1 Å². The molecular formula is C9H7F3N2O3. The molecule has 0 aliphatic rings. The van der Waals surface area contributed by atoms with E-state index in [0.717, 1.165) is 0 Å². The van der Waals surface area contributed by atoms with Crippen LogP contribution in [0.15, 0.2) is 12.1 Å². The lowest BCUT2D eigenvalue weighted by Gasteiger charge is -2.06. The molecule has 92 valence electrons. The van der Waals surface area contributed by atoms with Gasteiger partial charge in [0.25, 0.3) is 5.91 Å². The third kappa shape index (κ3) is 3.45. The SMILES string of the molecule is NC(=O)CONC(=O)c1c(F)cc(F)cc1F. The monoisotopic (exact) mass is 248 g/mol. The molecule has 0 unspecified atom stereocenters. The van der Waals surface area contributed by atoms with E-state index in [-0.39, 0.29) is 0 Å². The van der Waals surface area contributed by atoms with Crippen LogP contribution in [0.1, 0.15) is 10.4 Å². The Morgan fingerprint density at radius 3 is 2.24 bits per heavy atom.